The molecule has 1 N–H and O–H groups in total. The number of sulfonamides is 1. The van der Waals surface area contributed by atoms with Crippen LogP contribution in [0.3, 0.4) is 0 Å². The van der Waals surface area contributed by atoms with E-state index in [1.165, 1.54) is 16.7 Å². The second-order valence-corrected chi connectivity index (χ2v) is 11.3. The molecule has 0 saturated carbocycles. The van der Waals surface area contributed by atoms with Crippen LogP contribution < -0.4 is 9.62 Å². The fourth-order valence-electron chi connectivity index (χ4n) is 3.80. The molecule has 1 atom stereocenters. The summed E-state index contributed by atoms with van der Waals surface area (Å²) in [5, 5.41) is 2.76. The predicted octanol–water partition coefficient (Wildman–Crippen LogP) is 4.47. The number of hydrogen-bond donors (Lipinski definition) is 1. The van der Waals surface area contributed by atoms with E-state index in [0.717, 1.165) is 20.3 Å². The van der Waals surface area contributed by atoms with Crippen LogP contribution in [-0.2, 0) is 26.2 Å². The number of nitrogens with one attached hydrogen (secondary N) is 1. The number of carbonyl (C=O) groups is 2. The third-order valence-electron chi connectivity index (χ3n) is 5.96. The number of anilines is 1. The molecule has 0 bridgehead atoms. The third kappa shape index (κ3) is 7.14. The molecule has 9 heteroatoms. The van der Waals surface area contributed by atoms with Crippen LogP contribution in [0.2, 0.25) is 0 Å². The van der Waals surface area contributed by atoms with Crippen LogP contribution in [0, 0.1) is 6.92 Å². The average Bonchev–Trinajstić information content (AvgIpc) is 2.91. The van der Waals surface area contributed by atoms with Gasteiger partial charge in [0.1, 0.15) is 12.6 Å². The summed E-state index contributed by atoms with van der Waals surface area (Å²) in [4.78, 5) is 28.9. The molecule has 0 heterocycles. The number of likely N-dealkylation sites (N-methyl/N-ethyl adjacent to an activating group) is 1. The maximum atomic E-state index is 13.8. The van der Waals surface area contributed by atoms with Crippen LogP contribution in [0.15, 0.2) is 88.7 Å². The largest absolute Gasteiger partial charge is 0.355 e. The number of nitrogens with zero attached hydrogens (tertiary/aromatic N) is 2. The van der Waals surface area contributed by atoms with Gasteiger partial charge in [0.05, 0.1) is 10.6 Å². The van der Waals surface area contributed by atoms with Gasteiger partial charge in [-0.05, 0) is 69.0 Å². The molecular formula is C28H33N3O4S2. The predicted molar refractivity (Wildman–Crippen MR) is 149 cm³/mol. The van der Waals surface area contributed by atoms with Gasteiger partial charge in [0, 0.05) is 18.0 Å². The molecular weight excluding hydrogens is 506 g/mol. The van der Waals surface area contributed by atoms with Gasteiger partial charge in [-0.15, -0.1) is 11.8 Å². The summed E-state index contributed by atoms with van der Waals surface area (Å²) in [6.07, 6.45) is 1.91. The molecule has 0 aromatic heterocycles. The molecule has 0 aliphatic heterocycles. The topological polar surface area (TPSA) is 86.8 Å². The molecule has 0 saturated heterocycles. The first-order valence-electron chi connectivity index (χ1n) is 12.0. The van der Waals surface area contributed by atoms with Crippen LogP contribution in [0.4, 0.5) is 5.69 Å². The van der Waals surface area contributed by atoms with Gasteiger partial charge in [0.15, 0.2) is 0 Å². The van der Waals surface area contributed by atoms with Gasteiger partial charge < -0.3 is 10.2 Å². The van der Waals surface area contributed by atoms with Crippen LogP contribution in [0.25, 0.3) is 0 Å². The van der Waals surface area contributed by atoms with Crippen molar-refractivity contribution in [3.8, 4) is 0 Å². The number of benzene rings is 3. The van der Waals surface area contributed by atoms with Crippen molar-refractivity contribution < 1.29 is 18.0 Å². The zero-order valence-electron chi connectivity index (χ0n) is 21.5. The second-order valence-electron chi connectivity index (χ2n) is 8.60. The van der Waals surface area contributed by atoms with Gasteiger partial charge in [-0.2, -0.15) is 0 Å². The van der Waals surface area contributed by atoms with Gasteiger partial charge in [0.2, 0.25) is 11.8 Å². The summed E-state index contributed by atoms with van der Waals surface area (Å²) in [6, 6.07) is 22.1. The lowest BCUT2D eigenvalue weighted by atomic mass is 10.1. The molecule has 3 rings (SSSR count). The van der Waals surface area contributed by atoms with E-state index in [0.29, 0.717) is 12.2 Å². The highest BCUT2D eigenvalue weighted by molar-refractivity contribution is 7.98. The van der Waals surface area contributed by atoms with Gasteiger partial charge >= 0.3 is 0 Å². The molecule has 7 nitrogen and oxygen atoms in total. The van der Waals surface area contributed by atoms with E-state index < -0.39 is 28.5 Å². The number of thioether (sulfide) groups is 1. The quantitative estimate of drug-likeness (QED) is 0.364. The number of rotatable bonds is 11. The molecule has 3 aromatic rings. The van der Waals surface area contributed by atoms with Gasteiger partial charge in [-0.1, -0.05) is 48.0 Å². The Labute approximate surface area is 223 Å². The lowest BCUT2D eigenvalue weighted by molar-refractivity contribution is -0.139. The van der Waals surface area contributed by atoms with E-state index in [9.17, 15) is 18.0 Å². The minimum absolute atomic E-state index is 0.0880. The molecule has 0 spiro atoms. The maximum absolute atomic E-state index is 13.8. The first-order valence-corrected chi connectivity index (χ1v) is 14.7. The van der Waals surface area contributed by atoms with Crippen molar-refractivity contribution >= 4 is 39.3 Å². The van der Waals surface area contributed by atoms with Crippen molar-refractivity contribution in [3.05, 3.63) is 90.0 Å². The SMILES string of the molecule is CCNC(=O)[C@@H](C)N(Cc1ccccc1)C(=O)CN(c1ccc(C)cc1)S(=O)(=O)c1ccc(SC)cc1. The Morgan fingerprint density at radius 1 is 0.946 bits per heavy atom. The zero-order chi connectivity index (χ0) is 27.0. The minimum Gasteiger partial charge on any atom is -0.355 e. The van der Waals surface area contributed by atoms with Crippen molar-refractivity contribution in [1.82, 2.24) is 10.2 Å². The summed E-state index contributed by atoms with van der Waals surface area (Å²) in [5.74, 6) is -0.781. The summed E-state index contributed by atoms with van der Waals surface area (Å²) in [7, 11) is -4.07. The highest BCUT2D eigenvalue weighted by atomic mass is 32.2. The normalized spacial score (nSPS) is 12.0. The van der Waals surface area contributed by atoms with E-state index >= 15 is 0 Å². The smallest absolute Gasteiger partial charge is 0.264 e. The summed E-state index contributed by atoms with van der Waals surface area (Å²) in [6.45, 7) is 5.51. The van der Waals surface area contributed by atoms with E-state index in [2.05, 4.69) is 5.32 Å². The molecule has 37 heavy (non-hydrogen) atoms. The molecule has 2 amide bonds. The van der Waals surface area contributed by atoms with E-state index in [1.54, 1.807) is 55.5 Å². The first-order chi connectivity index (χ1) is 17.7. The number of amides is 2. The monoisotopic (exact) mass is 539 g/mol. The lowest BCUT2D eigenvalue weighted by Crippen LogP contribution is -2.51. The van der Waals surface area contributed by atoms with Crippen molar-refractivity contribution in [2.75, 3.05) is 23.7 Å². The standard InChI is InChI=1S/C28H33N3O4S2/c1-5-29-28(33)22(3)30(19-23-9-7-6-8-10-23)27(32)20-31(24-13-11-21(2)12-14-24)37(34,35)26-17-15-25(36-4)16-18-26/h6-18,22H,5,19-20H2,1-4H3,(H,29,33)/t22-/m1/s1. The van der Waals surface area contributed by atoms with E-state index in [-0.39, 0.29) is 17.3 Å². The number of carbonyl (C=O) groups excluding carboxylic acids is 2. The molecule has 0 aliphatic carbocycles. The Balaban J connectivity index is 2.01. The van der Waals surface area contributed by atoms with Gasteiger partial charge in [-0.25, -0.2) is 8.42 Å². The molecule has 3 aromatic carbocycles. The van der Waals surface area contributed by atoms with Crippen molar-refractivity contribution in [2.24, 2.45) is 0 Å². The van der Waals surface area contributed by atoms with Gasteiger partial charge in [0.25, 0.3) is 10.0 Å². The summed E-state index contributed by atoms with van der Waals surface area (Å²) < 4.78 is 28.7. The molecule has 0 fully saturated rings. The van der Waals surface area contributed by atoms with E-state index in [1.807, 2.05) is 50.4 Å². The molecule has 0 aliphatic rings. The van der Waals surface area contributed by atoms with Crippen LogP contribution in [0.5, 0.6) is 0 Å². The lowest BCUT2D eigenvalue weighted by Gasteiger charge is -2.32. The Morgan fingerprint density at radius 3 is 2.14 bits per heavy atom. The third-order valence-corrected chi connectivity index (χ3v) is 8.49. The highest BCUT2D eigenvalue weighted by Crippen LogP contribution is 2.26. The number of aryl methyl sites for hydroxylation is 1. The van der Waals surface area contributed by atoms with Crippen LogP contribution in [0.1, 0.15) is 25.0 Å². The maximum Gasteiger partial charge on any atom is 0.264 e. The summed E-state index contributed by atoms with van der Waals surface area (Å²) in [5.41, 5.74) is 2.18. The fraction of sp³-hybridized carbons (Fsp3) is 0.286. The van der Waals surface area contributed by atoms with Crippen molar-refractivity contribution in [1.29, 1.82) is 0 Å². The van der Waals surface area contributed by atoms with Gasteiger partial charge in [-0.3, -0.25) is 13.9 Å². The fourth-order valence-corrected chi connectivity index (χ4v) is 5.62. The minimum atomic E-state index is -4.07. The highest BCUT2D eigenvalue weighted by Gasteiger charge is 2.32. The molecule has 196 valence electrons. The van der Waals surface area contributed by atoms with Crippen LogP contribution in [-0.4, -0.2) is 50.5 Å². The van der Waals surface area contributed by atoms with Crippen LogP contribution >= 0.6 is 11.8 Å². The van der Waals surface area contributed by atoms with Crippen molar-refractivity contribution in [3.63, 3.8) is 0 Å². The molecule has 0 unspecified atom stereocenters. The average molecular weight is 540 g/mol. The Kier molecular flexibility index (Phi) is 9.77. The Bertz CT molecular complexity index is 1300. The van der Waals surface area contributed by atoms with Crippen molar-refractivity contribution in [2.45, 2.75) is 43.1 Å². The zero-order valence-corrected chi connectivity index (χ0v) is 23.2. The van der Waals surface area contributed by atoms with E-state index in [4.69, 9.17) is 0 Å². The second kappa shape index (κ2) is 12.8. The Morgan fingerprint density at radius 2 is 1.57 bits per heavy atom. The number of hydrogen-bond acceptors (Lipinski definition) is 5. The first kappa shape index (κ1) is 28.3. The molecule has 0 radical (unpaired) electrons. The summed E-state index contributed by atoms with van der Waals surface area (Å²) >= 11 is 1.51. The Hall–Kier alpha value is -3.30.